The Bertz CT molecular complexity index is 1160. The molecule has 1 aromatic carbocycles. The maximum absolute atomic E-state index is 13.5. The van der Waals surface area contributed by atoms with Gasteiger partial charge in [0.25, 0.3) is 10.1 Å². The van der Waals surface area contributed by atoms with Crippen molar-refractivity contribution in [2.45, 2.75) is 84.5 Å². The molecule has 188 valence electrons. The smallest absolute Gasteiger partial charge is 0.302 e. The van der Waals surface area contributed by atoms with Gasteiger partial charge in [0.1, 0.15) is 12.2 Å². The van der Waals surface area contributed by atoms with Crippen LogP contribution in [0.15, 0.2) is 29.2 Å². The summed E-state index contributed by atoms with van der Waals surface area (Å²) in [5, 5.41) is 0. The maximum Gasteiger partial charge on any atom is 0.302 e. The van der Waals surface area contributed by atoms with Crippen LogP contribution in [0.4, 0.5) is 0 Å². The number of aryl methyl sites for hydroxylation is 1. The van der Waals surface area contributed by atoms with E-state index in [1.54, 1.807) is 12.1 Å². The van der Waals surface area contributed by atoms with E-state index in [-0.39, 0.29) is 23.2 Å². The lowest BCUT2D eigenvalue weighted by Crippen LogP contribution is -2.53. The molecule has 0 N–H and O–H groups in total. The predicted octanol–water partition coefficient (Wildman–Crippen LogP) is 4.27. The zero-order valence-corrected chi connectivity index (χ0v) is 21.6. The van der Waals surface area contributed by atoms with E-state index in [4.69, 9.17) is 16.4 Å². The number of ether oxygens (including phenoxy) is 2. The number of benzene rings is 1. The molecule has 0 spiro atoms. The molecule has 7 nitrogen and oxygen atoms in total. The molecule has 34 heavy (non-hydrogen) atoms. The topological polar surface area (TPSA) is 96.0 Å². The Labute approximate surface area is 205 Å². The average Bonchev–Trinajstić information content (AvgIpc) is 3.10. The van der Waals surface area contributed by atoms with Crippen molar-refractivity contribution in [3.8, 4) is 0 Å². The van der Waals surface area contributed by atoms with Crippen molar-refractivity contribution in [2.75, 3.05) is 0 Å². The molecule has 8 atom stereocenters. The lowest BCUT2D eigenvalue weighted by molar-refractivity contribution is -0.174. The van der Waals surface area contributed by atoms with Crippen molar-refractivity contribution in [3.63, 3.8) is 0 Å². The van der Waals surface area contributed by atoms with Gasteiger partial charge < -0.3 is 9.47 Å². The first-order valence-electron chi connectivity index (χ1n) is 12.8. The highest BCUT2D eigenvalue weighted by atomic mass is 32.2. The van der Waals surface area contributed by atoms with E-state index in [2.05, 4.69) is 0 Å². The number of carbonyl (C=O) groups is 2. The van der Waals surface area contributed by atoms with Crippen LogP contribution in [0.5, 0.6) is 0 Å². The molecule has 8 heteroatoms. The molecule has 0 amide bonds. The number of hydrogen-bond acceptors (Lipinski definition) is 7. The highest BCUT2D eigenvalue weighted by molar-refractivity contribution is 7.86. The fourth-order valence-corrected chi connectivity index (χ4v) is 8.13. The third kappa shape index (κ3) is 3.87. The molecule has 0 radical (unpaired) electrons. The van der Waals surface area contributed by atoms with Crippen LogP contribution in [-0.2, 0) is 33.4 Å². The second-order valence-electron chi connectivity index (χ2n) is 10.9. The molecule has 0 aliphatic heterocycles. The Hall–Kier alpha value is -1.93. The van der Waals surface area contributed by atoms with Gasteiger partial charge in [-0.2, -0.15) is 8.42 Å². The third-order valence-corrected chi connectivity index (χ3v) is 9.70. The Kier molecular flexibility index (Phi) is 5.52. The Morgan fingerprint density at radius 3 is 2.12 bits per heavy atom. The molecule has 0 heterocycles. The van der Waals surface area contributed by atoms with Crippen molar-refractivity contribution in [1.82, 2.24) is 0 Å². The molecule has 0 saturated heterocycles. The van der Waals surface area contributed by atoms with Crippen molar-refractivity contribution >= 4 is 22.1 Å². The van der Waals surface area contributed by atoms with Crippen LogP contribution in [0.1, 0.15) is 62.6 Å². The lowest BCUT2D eigenvalue weighted by Gasteiger charge is -2.47. The zero-order valence-electron chi connectivity index (χ0n) is 22.8. The summed E-state index contributed by atoms with van der Waals surface area (Å²) in [4.78, 5) is 24.2. The quantitative estimate of drug-likeness (QED) is 0.445. The van der Waals surface area contributed by atoms with Crippen LogP contribution in [-0.4, -0.2) is 38.7 Å². The van der Waals surface area contributed by atoms with E-state index in [1.807, 2.05) is 34.6 Å². The first-order chi connectivity index (χ1) is 16.5. The van der Waals surface area contributed by atoms with Gasteiger partial charge in [0.15, 0.2) is 0 Å². The van der Waals surface area contributed by atoms with E-state index in [0.29, 0.717) is 0 Å². The Balaban J connectivity index is 1.89. The number of carbonyl (C=O) groups excluding carboxylic acids is 2. The SMILES string of the molecule is [2H]C1([2H])C2C3C([C@H]1C)C(C)(C2OS(=O)(=O)c1ccc(C)cc1)[C@H](OC(C)=O)C[C@@H](OC(C)=O)C3(C)C. The second-order valence-corrected chi connectivity index (χ2v) is 12.5. The minimum atomic E-state index is -4.25. The normalized spacial score (nSPS) is 40.6. The second kappa shape index (κ2) is 8.33. The standard InChI is InChI=1S/C26H36O7S/c1-14-8-10-18(11-9-14)34(29,30)33-24-19-12-15(2)22-23(19)25(5,6)20(31-16(3)27)13-21(26(22,24)7)32-17(4)28/h8-11,15,19-24H,12-13H2,1-7H3/t15-,19?,20+,21+,22?,23?,24?,26?/m0/s1/i12D2. The zero-order chi connectivity index (χ0) is 27.0. The summed E-state index contributed by atoms with van der Waals surface area (Å²) in [5.41, 5.74) is -0.872. The van der Waals surface area contributed by atoms with Gasteiger partial charge in [-0.3, -0.25) is 13.8 Å². The van der Waals surface area contributed by atoms with Crippen LogP contribution in [0.3, 0.4) is 0 Å². The molecule has 3 saturated carbocycles. The number of hydrogen-bond donors (Lipinski definition) is 0. The van der Waals surface area contributed by atoms with E-state index in [0.717, 1.165) is 5.56 Å². The minimum absolute atomic E-state index is 0.0125. The molecule has 0 aromatic heterocycles. The van der Waals surface area contributed by atoms with Crippen molar-refractivity contribution in [2.24, 2.45) is 34.5 Å². The van der Waals surface area contributed by atoms with Gasteiger partial charge in [-0.25, -0.2) is 0 Å². The van der Waals surface area contributed by atoms with Crippen molar-refractivity contribution < 1.29 is 34.4 Å². The molecule has 3 fully saturated rings. The number of rotatable bonds is 5. The molecule has 5 unspecified atom stereocenters. The first-order valence-corrected chi connectivity index (χ1v) is 13.2. The highest BCUT2D eigenvalue weighted by Crippen LogP contribution is 2.71. The fraction of sp³-hybridized carbons (Fsp3) is 0.692. The third-order valence-electron chi connectivity index (χ3n) is 8.39. The summed E-state index contributed by atoms with van der Waals surface area (Å²) in [5.74, 6) is -3.07. The van der Waals surface area contributed by atoms with Crippen LogP contribution in [0.2, 0.25) is 0 Å². The van der Waals surface area contributed by atoms with E-state index in [9.17, 15) is 18.0 Å². The predicted molar refractivity (Wildman–Crippen MR) is 125 cm³/mol. The molecule has 1 aromatic rings. The van der Waals surface area contributed by atoms with Gasteiger partial charge in [-0.15, -0.1) is 0 Å². The van der Waals surface area contributed by atoms with Gasteiger partial charge in [0.2, 0.25) is 0 Å². The maximum atomic E-state index is 13.5. The summed E-state index contributed by atoms with van der Waals surface area (Å²) in [6.07, 6.45) is -4.14. The van der Waals surface area contributed by atoms with Gasteiger partial charge >= 0.3 is 11.9 Å². The van der Waals surface area contributed by atoms with Crippen LogP contribution in [0, 0.1) is 41.4 Å². The molecule has 4 rings (SSSR count). The lowest BCUT2D eigenvalue weighted by atomic mass is 9.64. The van der Waals surface area contributed by atoms with Gasteiger partial charge in [0, 0.05) is 33.8 Å². The van der Waals surface area contributed by atoms with Gasteiger partial charge in [0.05, 0.1) is 11.0 Å². The minimum Gasteiger partial charge on any atom is -0.462 e. The average molecular weight is 495 g/mol. The van der Waals surface area contributed by atoms with Crippen LogP contribution < -0.4 is 0 Å². The summed E-state index contributed by atoms with van der Waals surface area (Å²) in [6.45, 7) is 12.0. The van der Waals surface area contributed by atoms with E-state index in [1.165, 1.54) is 26.0 Å². The highest BCUT2D eigenvalue weighted by Gasteiger charge is 2.74. The Morgan fingerprint density at radius 1 is 1.00 bits per heavy atom. The van der Waals surface area contributed by atoms with Crippen molar-refractivity contribution in [1.29, 1.82) is 0 Å². The first kappa shape index (κ1) is 22.5. The van der Waals surface area contributed by atoms with Crippen LogP contribution in [0.25, 0.3) is 0 Å². The summed E-state index contributed by atoms with van der Waals surface area (Å²) >= 11 is 0. The van der Waals surface area contributed by atoms with E-state index >= 15 is 0 Å². The molecule has 3 aliphatic rings. The number of esters is 2. The fourth-order valence-electron chi connectivity index (χ4n) is 6.95. The summed E-state index contributed by atoms with van der Waals surface area (Å²) in [6, 6.07) is 6.30. The summed E-state index contributed by atoms with van der Waals surface area (Å²) < 4.78 is 62.5. The Morgan fingerprint density at radius 2 is 1.56 bits per heavy atom. The van der Waals surface area contributed by atoms with Gasteiger partial charge in [-0.1, -0.05) is 45.4 Å². The van der Waals surface area contributed by atoms with Gasteiger partial charge in [-0.05, 0) is 49.1 Å². The molecular formula is C26H36O7S. The largest absolute Gasteiger partial charge is 0.462 e. The molecule has 3 aliphatic carbocycles. The monoisotopic (exact) mass is 494 g/mol. The summed E-state index contributed by atoms with van der Waals surface area (Å²) in [7, 11) is -4.25. The van der Waals surface area contributed by atoms with E-state index < -0.39 is 69.4 Å². The van der Waals surface area contributed by atoms with Crippen molar-refractivity contribution in [3.05, 3.63) is 29.8 Å². The van der Waals surface area contributed by atoms with Crippen LogP contribution >= 0.6 is 0 Å². The molecular weight excluding hydrogens is 456 g/mol. The molecule has 4 bridgehead atoms.